The summed E-state index contributed by atoms with van der Waals surface area (Å²) >= 11 is 3.06. The van der Waals surface area contributed by atoms with Gasteiger partial charge in [-0.15, -0.1) is 0 Å². The van der Waals surface area contributed by atoms with Crippen LogP contribution >= 0.6 is 15.9 Å². The number of methoxy groups -OCH3 is 1. The molecule has 0 radical (unpaired) electrons. The van der Waals surface area contributed by atoms with Crippen LogP contribution in [0.5, 0.6) is 0 Å². The van der Waals surface area contributed by atoms with Gasteiger partial charge >= 0.3 is 0 Å². The van der Waals surface area contributed by atoms with Crippen molar-refractivity contribution < 1.29 is 17.6 Å². The third-order valence-electron chi connectivity index (χ3n) is 2.44. The predicted octanol–water partition coefficient (Wildman–Crippen LogP) is 1.20. The fourth-order valence-electron chi connectivity index (χ4n) is 1.10. The van der Waals surface area contributed by atoms with E-state index in [0.29, 0.717) is 5.76 Å². The zero-order valence-electron chi connectivity index (χ0n) is 10.5. The molecule has 6 nitrogen and oxygen atoms in total. The van der Waals surface area contributed by atoms with Gasteiger partial charge in [-0.1, -0.05) is 0 Å². The van der Waals surface area contributed by atoms with E-state index in [4.69, 9.17) is 14.9 Å². The highest BCUT2D eigenvalue weighted by Crippen LogP contribution is 2.26. The molecule has 3 N–H and O–H groups in total. The summed E-state index contributed by atoms with van der Waals surface area (Å²) in [5, 5.41) is 0. The molecule has 0 aliphatic carbocycles. The Morgan fingerprint density at radius 3 is 2.61 bits per heavy atom. The molecule has 1 aromatic heterocycles. The predicted molar refractivity (Wildman–Crippen MR) is 70.6 cm³/mol. The van der Waals surface area contributed by atoms with Gasteiger partial charge in [0, 0.05) is 19.7 Å². The summed E-state index contributed by atoms with van der Waals surface area (Å²) in [6, 6.07) is 1.40. The summed E-state index contributed by atoms with van der Waals surface area (Å²) in [5.41, 5.74) is 4.81. The van der Waals surface area contributed by atoms with E-state index in [1.54, 1.807) is 13.8 Å². The molecule has 8 heteroatoms. The minimum Gasteiger partial charge on any atom is -0.452 e. The van der Waals surface area contributed by atoms with E-state index in [2.05, 4.69) is 20.7 Å². The summed E-state index contributed by atoms with van der Waals surface area (Å²) in [6.45, 7) is 3.86. The molecular formula is C10H17BrN2O4S. The number of nitrogens with two attached hydrogens (primary N) is 1. The van der Waals surface area contributed by atoms with E-state index in [1.165, 1.54) is 13.2 Å². The Bertz CT molecular complexity index is 510. The lowest BCUT2D eigenvalue weighted by Gasteiger charge is -2.22. The first-order valence-electron chi connectivity index (χ1n) is 5.25. The maximum atomic E-state index is 12.0. The highest BCUT2D eigenvalue weighted by molar-refractivity contribution is 9.10. The molecular weight excluding hydrogens is 324 g/mol. The highest BCUT2D eigenvalue weighted by Gasteiger charge is 2.25. The number of rotatable bonds is 6. The lowest BCUT2D eigenvalue weighted by Crippen LogP contribution is -2.39. The molecule has 0 bridgehead atoms. The molecule has 1 heterocycles. The Balaban J connectivity index is 2.90. The van der Waals surface area contributed by atoms with Gasteiger partial charge in [-0.05, 0) is 29.8 Å². The largest absolute Gasteiger partial charge is 0.452 e. The lowest BCUT2D eigenvalue weighted by molar-refractivity contribution is 0.0276. The number of hydrogen-bond acceptors (Lipinski definition) is 5. The zero-order chi connectivity index (χ0) is 14.0. The molecule has 0 unspecified atom stereocenters. The number of furan rings is 1. The maximum absolute atomic E-state index is 12.0. The van der Waals surface area contributed by atoms with Gasteiger partial charge in [-0.2, -0.15) is 0 Å². The van der Waals surface area contributed by atoms with Crippen molar-refractivity contribution in [2.45, 2.75) is 30.9 Å². The van der Waals surface area contributed by atoms with Gasteiger partial charge in [-0.25, -0.2) is 13.1 Å². The van der Waals surface area contributed by atoms with Crippen molar-refractivity contribution in [1.82, 2.24) is 4.72 Å². The van der Waals surface area contributed by atoms with Gasteiger partial charge in [0.25, 0.3) is 0 Å². The second kappa shape index (κ2) is 5.70. The number of halogens is 1. The first-order valence-corrected chi connectivity index (χ1v) is 7.52. The molecule has 104 valence electrons. The lowest BCUT2D eigenvalue weighted by atomic mass is 10.1. The summed E-state index contributed by atoms with van der Waals surface area (Å²) in [5.74, 6) is 0.397. The van der Waals surface area contributed by atoms with Gasteiger partial charge in [-0.3, -0.25) is 0 Å². The van der Waals surface area contributed by atoms with Crippen molar-refractivity contribution in [3.8, 4) is 0 Å². The minimum atomic E-state index is -3.65. The van der Waals surface area contributed by atoms with E-state index >= 15 is 0 Å². The van der Waals surface area contributed by atoms with Crippen LogP contribution < -0.4 is 10.5 Å². The Labute approximate surface area is 115 Å². The van der Waals surface area contributed by atoms with Crippen molar-refractivity contribution in [2.24, 2.45) is 5.73 Å². The van der Waals surface area contributed by atoms with Crippen molar-refractivity contribution >= 4 is 26.0 Å². The maximum Gasteiger partial charge on any atom is 0.245 e. The van der Waals surface area contributed by atoms with E-state index in [0.717, 1.165) is 0 Å². The average molecular weight is 341 g/mol. The van der Waals surface area contributed by atoms with Crippen LogP contribution in [0.2, 0.25) is 0 Å². The van der Waals surface area contributed by atoms with Crippen LogP contribution in [0.3, 0.4) is 0 Å². The average Bonchev–Trinajstić information content (AvgIpc) is 2.69. The molecule has 0 saturated heterocycles. The number of nitrogens with one attached hydrogen (secondary N) is 1. The van der Waals surface area contributed by atoms with Gasteiger partial charge in [0.15, 0.2) is 4.67 Å². The fraction of sp³-hybridized carbons (Fsp3) is 0.600. The second-order valence-corrected chi connectivity index (χ2v) is 6.80. The molecule has 0 atom stereocenters. The molecule has 0 fully saturated rings. The van der Waals surface area contributed by atoms with Crippen LogP contribution in [0.1, 0.15) is 19.6 Å². The smallest absolute Gasteiger partial charge is 0.245 e. The molecule has 1 rings (SSSR count). The van der Waals surface area contributed by atoms with E-state index in [-0.39, 0.29) is 22.7 Å². The number of hydrogen-bond donors (Lipinski definition) is 2. The quantitative estimate of drug-likeness (QED) is 0.811. The zero-order valence-corrected chi connectivity index (χ0v) is 12.9. The second-order valence-electron chi connectivity index (χ2n) is 4.34. The molecule has 0 saturated carbocycles. The molecule has 1 aromatic rings. The molecule has 0 spiro atoms. The third-order valence-corrected chi connectivity index (χ3v) is 4.70. The standard InChI is InChI=1S/C10H17BrN2O4S/c1-10(2,16-3)6-13-18(14,15)8-4-7(5-12)17-9(8)11/h4,13H,5-6,12H2,1-3H3. The van der Waals surface area contributed by atoms with Crippen molar-refractivity contribution in [3.05, 3.63) is 16.5 Å². The summed E-state index contributed by atoms with van der Waals surface area (Å²) < 4.78 is 37.0. The van der Waals surface area contributed by atoms with E-state index in [9.17, 15) is 8.42 Å². The third kappa shape index (κ3) is 3.79. The van der Waals surface area contributed by atoms with Crippen LogP contribution in [-0.2, 0) is 21.3 Å². The van der Waals surface area contributed by atoms with Crippen LogP contribution in [0, 0.1) is 0 Å². The molecule has 0 aromatic carbocycles. The van der Waals surface area contributed by atoms with Gasteiger partial charge in [0.2, 0.25) is 10.0 Å². The fourth-order valence-corrected chi connectivity index (χ4v) is 3.29. The van der Waals surface area contributed by atoms with Crippen molar-refractivity contribution in [3.63, 3.8) is 0 Å². The highest BCUT2D eigenvalue weighted by atomic mass is 79.9. The monoisotopic (exact) mass is 340 g/mol. The van der Waals surface area contributed by atoms with Gasteiger partial charge in [0.05, 0.1) is 12.1 Å². The molecule has 0 aliphatic rings. The van der Waals surface area contributed by atoms with Gasteiger partial charge < -0.3 is 14.9 Å². The number of ether oxygens (including phenoxy) is 1. The summed E-state index contributed by atoms with van der Waals surface area (Å²) in [4.78, 5) is 0.0369. The van der Waals surface area contributed by atoms with Crippen molar-refractivity contribution in [1.29, 1.82) is 0 Å². The topological polar surface area (TPSA) is 94.6 Å². The normalized spacial score (nSPS) is 12.9. The van der Waals surface area contributed by atoms with Crippen molar-refractivity contribution in [2.75, 3.05) is 13.7 Å². The molecule has 18 heavy (non-hydrogen) atoms. The Morgan fingerprint density at radius 2 is 2.17 bits per heavy atom. The van der Waals surface area contributed by atoms with Crippen LogP contribution in [0.15, 0.2) is 20.0 Å². The van der Waals surface area contributed by atoms with Crippen LogP contribution in [0.4, 0.5) is 0 Å². The minimum absolute atomic E-state index is 0.0369. The Kier molecular flexibility index (Phi) is 4.96. The SMILES string of the molecule is COC(C)(C)CNS(=O)(=O)c1cc(CN)oc1Br. The first-order chi connectivity index (χ1) is 8.22. The Morgan fingerprint density at radius 1 is 1.56 bits per heavy atom. The first kappa shape index (κ1) is 15.6. The van der Waals surface area contributed by atoms with E-state index < -0.39 is 15.6 Å². The molecule has 0 amide bonds. The van der Waals surface area contributed by atoms with Gasteiger partial charge in [0.1, 0.15) is 10.7 Å². The van der Waals surface area contributed by atoms with Crippen LogP contribution in [-0.4, -0.2) is 27.7 Å². The number of sulfonamides is 1. The van der Waals surface area contributed by atoms with E-state index in [1.807, 2.05) is 0 Å². The molecule has 0 aliphatic heterocycles. The van der Waals surface area contributed by atoms with Crippen LogP contribution in [0.25, 0.3) is 0 Å². The summed E-state index contributed by atoms with van der Waals surface area (Å²) in [7, 11) is -2.13. The summed E-state index contributed by atoms with van der Waals surface area (Å²) in [6.07, 6.45) is 0. The Hall–Kier alpha value is -0.410.